The van der Waals surface area contributed by atoms with Crippen LogP contribution in [0, 0.1) is 0 Å². The van der Waals surface area contributed by atoms with E-state index in [4.69, 9.17) is 4.52 Å². The molecular weight excluding hydrogens is 352 g/mol. The van der Waals surface area contributed by atoms with Gasteiger partial charge >= 0.3 is 0 Å². The molecule has 8 nitrogen and oxygen atoms in total. The van der Waals surface area contributed by atoms with Gasteiger partial charge in [0.25, 0.3) is 11.8 Å². The number of nitrogens with one attached hydrogen (secondary N) is 1. The van der Waals surface area contributed by atoms with Crippen LogP contribution in [0.4, 0.5) is 0 Å². The Hall–Kier alpha value is -3.46. The standard InChI is InChI=1S/C17H12N6O2S/c24-15(20-9-11-2-1-5-19-8-11)17-21-13(10-26-17)16-22-14(23-25-16)12-3-6-18-7-4-12/h1-8,10H,9H2,(H,20,24). The highest BCUT2D eigenvalue weighted by atomic mass is 32.1. The van der Waals surface area contributed by atoms with Crippen molar-refractivity contribution in [1.29, 1.82) is 0 Å². The first-order chi connectivity index (χ1) is 12.8. The molecule has 0 fully saturated rings. The number of carbonyl (C=O) groups is 1. The lowest BCUT2D eigenvalue weighted by molar-refractivity contribution is 0.0950. The lowest BCUT2D eigenvalue weighted by Gasteiger charge is -2.01. The maximum atomic E-state index is 12.2. The van der Waals surface area contributed by atoms with Crippen LogP contribution in [0.15, 0.2) is 59.0 Å². The largest absolute Gasteiger partial charge is 0.346 e. The number of rotatable bonds is 5. The van der Waals surface area contributed by atoms with Gasteiger partial charge in [-0.2, -0.15) is 4.98 Å². The van der Waals surface area contributed by atoms with E-state index in [1.807, 2.05) is 12.1 Å². The van der Waals surface area contributed by atoms with Gasteiger partial charge in [0.05, 0.1) is 0 Å². The van der Waals surface area contributed by atoms with E-state index in [-0.39, 0.29) is 11.8 Å². The molecule has 0 aliphatic rings. The van der Waals surface area contributed by atoms with Crippen LogP contribution < -0.4 is 5.32 Å². The Labute approximate surface area is 152 Å². The molecule has 0 bridgehead atoms. The van der Waals surface area contributed by atoms with Gasteiger partial charge in [0.2, 0.25) is 5.82 Å². The van der Waals surface area contributed by atoms with Crippen LogP contribution in [0.5, 0.6) is 0 Å². The van der Waals surface area contributed by atoms with Crippen LogP contribution >= 0.6 is 11.3 Å². The number of hydrogen-bond donors (Lipinski definition) is 1. The van der Waals surface area contributed by atoms with Gasteiger partial charge in [-0.1, -0.05) is 11.2 Å². The number of thiazole rings is 1. The molecule has 4 aromatic rings. The van der Waals surface area contributed by atoms with Gasteiger partial charge in [-0.05, 0) is 23.8 Å². The van der Waals surface area contributed by atoms with E-state index < -0.39 is 0 Å². The van der Waals surface area contributed by atoms with Gasteiger partial charge in [-0.15, -0.1) is 11.3 Å². The first-order valence-electron chi connectivity index (χ1n) is 7.67. The molecule has 0 atom stereocenters. The Morgan fingerprint density at radius 3 is 2.81 bits per heavy atom. The zero-order valence-electron chi connectivity index (χ0n) is 13.4. The Balaban J connectivity index is 1.46. The molecule has 4 rings (SSSR count). The highest BCUT2D eigenvalue weighted by Crippen LogP contribution is 2.23. The molecule has 0 unspecified atom stereocenters. The zero-order valence-corrected chi connectivity index (χ0v) is 14.2. The molecule has 1 amide bonds. The highest BCUT2D eigenvalue weighted by Gasteiger charge is 2.17. The number of pyridine rings is 2. The minimum absolute atomic E-state index is 0.263. The molecule has 128 valence electrons. The summed E-state index contributed by atoms with van der Waals surface area (Å²) in [6.45, 7) is 0.383. The van der Waals surface area contributed by atoms with Crippen molar-refractivity contribution in [2.45, 2.75) is 6.54 Å². The summed E-state index contributed by atoms with van der Waals surface area (Å²) in [5, 5.41) is 8.78. The molecule has 0 aromatic carbocycles. The third-order valence-electron chi connectivity index (χ3n) is 3.46. The first-order valence-corrected chi connectivity index (χ1v) is 8.54. The summed E-state index contributed by atoms with van der Waals surface area (Å²) in [6, 6.07) is 7.28. The summed E-state index contributed by atoms with van der Waals surface area (Å²) < 4.78 is 5.25. The Morgan fingerprint density at radius 2 is 2.00 bits per heavy atom. The van der Waals surface area contributed by atoms with Gasteiger partial charge < -0.3 is 9.84 Å². The molecule has 1 N–H and O–H groups in total. The van der Waals surface area contributed by atoms with Crippen molar-refractivity contribution in [2.75, 3.05) is 0 Å². The van der Waals surface area contributed by atoms with Crippen molar-refractivity contribution in [1.82, 2.24) is 30.4 Å². The molecule has 0 aliphatic carbocycles. The van der Waals surface area contributed by atoms with E-state index in [0.717, 1.165) is 11.1 Å². The highest BCUT2D eigenvalue weighted by molar-refractivity contribution is 7.12. The smallest absolute Gasteiger partial charge is 0.280 e. The summed E-state index contributed by atoms with van der Waals surface area (Å²) in [5.74, 6) is 0.441. The predicted octanol–water partition coefficient (Wildman–Crippen LogP) is 2.58. The van der Waals surface area contributed by atoms with E-state index >= 15 is 0 Å². The van der Waals surface area contributed by atoms with Crippen molar-refractivity contribution < 1.29 is 9.32 Å². The quantitative estimate of drug-likeness (QED) is 0.580. The third-order valence-corrected chi connectivity index (χ3v) is 4.30. The Kier molecular flexibility index (Phi) is 4.44. The van der Waals surface area contributed by atoms with Crippen LogP contribution in [0.1, 0.15) is 15.4 Å². The Bertz CT molecular complexity index is 1020. The van der Waals surface area contributed by atoms with E-state index in [1.165, 1.54) is 11.3 Å². The number of carbonyl (C=O) groups excluding carboxylic acids is 1. The van der Waals surface area contributed by atoms with Crippen molar-refractivity contribution >= 4 is 17.2 Å². The second-order valence-electron chi connectivity index (χ2n) is 5.24. The fraction of sp³-hybridized carbons (Fsp3) is 0.0588. The van der Waals surface area contributed by atoms with E-state index in [9.17, 15) is 4.79 Å². The van der Waals surface area contributed by atoms with Gasteiger partial charge in [0.15, 0.2) is 5.01 Å². The minimum atomic E-state index is -0.265. The number of hydrogen-bond acceptors (Lipinski definition) is 8. The second-order valence-corrected chi connectivity index (χ2v) is 6.10. The topological polar surface area (TPSA) is 107 Å². The maximum Gasteiger partial charge on any atom is 0.280 e. The average Bonchev–Trinajstić information content (AvgIpc) is 3.37. The molecule has 4 aromatic heterocycles. The van der Waals surface area contributed by atoms with E-state index in [2.05, 4.69) is 30.4 Å². The lowest BCUT2D eigenvalue weighted by atomic mass is 10.2. The van der Waals surface area contributed by atoms with Crippen LogP contribution in [0.25, 0.3) is 23.0 Å². The zero-order chi connectivity index (χ0) is 17.8. The molecule has 4 heterocycles. The van der Waals surface area contributed by atoms with Gasteiger partial charge in [0, 0.05) is 42.3 Å². The van der Waals surface area contributed by atoms with Crippen LogP contribution in [0.3, 0.4) is 0 Å². The molecule has 0 saturated carbocycles. The van der Waals surface area contributed by atoms with Crippen molar-refractivity contribution in [2.24, 2.45) is 0 Å². The van der Waals surface area contributed by atoms with Crippen LogP contribution in [-0.4, -0.2) is 31.0 Å². The van der Waals surface area contributed by atoms with Gasteiger partial charge in [-0.25, -0.2) is 4.98 Å². The maximum absolute atomic E-state index is 12.2. The van der Waals surface area contributed by atoms with E-state index in [0.29, 0.717) is 23.1 Å². The summed E-state index contributed by atoms with van der Waals surface area (Å²) >= 11 is 1.22. The van der Waals surface area contributed by atoms with E-state index in [1.54, 1.807) is 42.3 Å². The van der Waals surface area contributed by atoms with Gasteiger partial charge in [-0.3, -0.25) is 14.8 Å². The fourth-order valence-corrected chi connectivity index (χ4v) is 2.89. The van der Waals surface area contributed by atoms with Gasteiger partial charge in [0.1, 0.15) is 5.69 Å². The molecule has 0 radical (unpaired) electrons. The first kappa shape index (κ1) is 16.0. The molecule has 9 heteroatoms. The average molecular weight is 364 g/mol. The lowest BCUT2D eigenvalue weighted by Crippen LogP contribution is -2.22. The molecule has 0 spiro atoms. The molecule has 0 aliphatic heterocycles. The Morgan fingerprint density at radius 1 is 1.12 bits per heavy atom. The van der Waals surface area contributed by atoms with Crippen molar-refractivity contribution in [3.8, 4) is 23.0 Å². The fourth-order valence-electron chi connectivity index (χ4n) is 2.18. The molecular formula is C17H12N6O2S. The normalized spacial score (nSPS) is 10.6. The second kappa shape index (κ2) is 7.19. The van der Waals surface area contributed by atoms with Crippen molar-refractivity contribution in [3.63, 3.8) is 0 Å². The van der Waals surface area contributed by atoms with Crippen molar-refractivity contribution in [3.05, 3.63) is 65.0 Å². The molecule has 26 heavy (non-hydrogen) atoms. The molecule has 0 saturated heterocycles. The SMILES string of the molecule is O=C(NCc1cccnc1)c1nc(-c2nc(-c3ccncc3)no2)cs1. The van der Waals surface area contributed by atoms with Crippen LogP contribution in [-0.2, 0) is 6.54 Å². The summed E-state index contributed by atoms with van der Waals surface area (Å²) in [7, 11) is 0. The number of amides is 1. The number of nitrogens with zero attached hydrogens (tertiary/aromatic N) is 5. The summed E-state index contributed by atoms with van der Waals surface area (Å²) in [4.78, 5) is 28.8. The minimum Gasteiger partial charge on any atom is -0.346 e. The van der Waals surface area contributed by atoms with Crippen LogP contribution in [0.2, 0.25) is 0 Å². The summed E-state index contributed by atoms with van der Waals surface area (Å²) in [6.07, 6.45) is 6.69. The third kappa shape index (κ3) is 3.47. The monoisotopic (exact) mass is 364 g/mol. The predicted molar refractivity (Wildman–Crippen MR) is 94.0 cm³/mol. The number of aromatic nitrogens is 5. The summed E-state index contributed by atoms with van der Waals surface area (Å²) in [5.41, 5.74) is 2.17.